The zero-order chi connectivity index (χ0) is 16.3. The summed E-state index contributed by atoms with van der Waals surface area (Å²) in [6.07, 6.45) is 0. The Kier molecular flexibility index (Phi) is 5.42. The molecule has 6 heteroatoms. The average molecular weight is 338 g/mol. The first-order chi connectivity index (χ1) is 10.5. The maximum atomic E-state index is 12.9. The monoisotopic (exact) mass is 337 g/mol. The molecule has 1 aliphatic rings. The summed E-state index contributed by atoms with van der Waals surface area (Å²) in [5.74, 6) is 0.00924. The number of nitrogens with zero attached hydrogens (tertiary/aromatic N) is 1. The molecule has 0 bridgehead atoms. The molecule has 0 saturated heterocycles. The fraction of sp³-hybridized carbons (Fsp3) is 0.375. The number of amides is 1. The van der Waals surface area contributed by atoms with Gasteiger partial charge in [-0.25, -0.2) is 0 Å². The molecule has 0 aliphatic carbocycles. The fourth-order valence-corrected chi connectivity index (χ4v) is 3.06. The third-order valence-corrected chi connectivity index (χ3v) is 4.19. The normalized spacial score (nSPS) is 17.8. The number of halogens is 1. The zero-order valence-corrected chi connectivity index (χ0v) is 14.5. The van der Waals surface area contributed by atoms with Gasteiger partial charge in [-0.3, -0.25) is 4.79 Å². The van der Waals surface area contributed by atoms with E-state index in [1.807, 2.05) is 45.0 Å². The Morgan fingerprint density at radius 1 is 1.36 bits per heavy atom. The highest BCUT2D eigenvalue weighted by Crippen LogP contribution is 2.29. The Morgan fingerprint density at radius 2 is 2.05 bits per heavy atom. The van der Waals surface area contributed by atoms with Gasteiger partial charge in [-0.05, 0) is 50.7 Å². The summed E-state index contributed by atoms with van der Waals surface area (Å²) in [5.41, 5.74) is 2.39. The van der Waals surface area contributed by atoms with E-state index >= 15 is 0 Å². The van der Waals surface area contributed by atoms with Crippen molar-refractivity contribution in [3.8, 4) is 0 Å². The Bertz CT molecular complexity index is 626. The molecule has 0 aromatic heterocycles. The van der Waals surface area contributed by atoms with Crippen LogP contribution >= 0.6 is 23.8 Å². The van der Waals surface area contributed by atoms with Crippen molar-refractivity contribution in [3.05, 3.63) is 46.1 Å². The molecule has 1 aromatic rings. The lowest BCUT2D eigenvalue weighted by Gasteiger charge is -2.33. The predicted molar refractivity (Wildman–Crippen MR) is 93.7 cm³/mol. The van der Waals surface area contributed by atoms with E-state index < -0.39 is 0 Å². The molecule has 1 aromatic carbocycles. The molecule has 2 rings (SSSR count). The maximum absolute atomic E-state index is 12.9. The van der Waals surface area contributed by atoms with Crippen LogP contribution in [0.1, 0.15) is 32.4 Å². The van der Waals surface area contributed by atoms with Crippen LogP contribution in [0.5, 0.6) is 0 Å². The van der Waals surface area contributed by atoms with Gasteiger partial charge in [-0.2, -0.15) is 0 Å². The van der Waals surface area contributed by atoms with Gasteiger partial charge in [0.05, 0.1) is 11.6 Å². The summed E-state index contributed by atoms with van der Waals surface area (Å²) in [5, 5.41) is 7.38. The first kappa shape index (κ1) is 16.8. The van der Waals surface area contributed by atoms with E-state index in [1.54, 1.807) is 4.90 Å². The second-order valence-corrected chi connectivity index (χ2v) is 5.95. The van der Waals surface area contributed by atoms with Crippen LogP contribution in [-0.4, -0.2) is 29.0 Å². The summed E-state index contributed by atoms with van der Waals surface area (Å²) in [6, 6.07) is 7.20. The Labute approximate surface area is 141 Å². The van der Waals surface area contributed by atoms with Crippen molar-refractivity contribution < 1.29 is 4.79 Å². The summed E-state index contributed by atoms with van der Waals surface area (Å²) in [6.45, 7) is 7.15. The topological polar surface area (TPSA) is 44.4 Å². The van der Waals surface area contributed by atoms with Crippen molar-refractivity contribution in [2.75, 3.05) is 13.1 Å². The first-order valence-corrected chi connectivity index (χ1v) is 8.09. The number of carbonyl (C=O) groups excluding carboxylic acids is 1. The Balaban J connectivity index is 2.47. The van der Waals surface area contributed by atoms with Crippen molar-refractivity contribution in [3.63, 3.8) is 0 Å². The molecular weight excluding hydrogens is 318 g/mol. The third-order valence-electron chi connectivity index (χ3n) is 3.73. The highest BCUT2D eigenvalue weighted by atomic mass is 35.5. The molecule has 1 aliphatic heterocycles. The summed E-state index contributed by atoms with van der Waals surface area (Å²) >= 11 is 11.3. The zero-order valence-electron chi connectivity index (χ0n) is 12.9. The van der Waals surface area contributed by atoms with E-state index in [-0.39, 0.29) is 11.9 Å². The van der Waals surface area contributed by atoms with Crippen molar-refractivity contribution in [1.82, 2.24) is 15.5 Å². The van der Waals surface area contributed by atoms with Crippen molar-refractivity contribution in [2.24, 2.45) is 0 Å². The number of rotatable bonds is 4. The molecule has 0 spiro atoms. The Morgan fingerprint density at radius 3 is 2.64 bits per heavy atom. The molecule has 1 amide bonds. The van der Waals surface area contributed by atoms with Gasteiger partial charge in [0.2, 0.25) is 0 Å². The highest BCUT2D eigenvalue weighted by molar-refractivity contribution is 7.80. The fourth-order valence-electron chi connectivity index (χ4n) is 2.59. The van der Waals surface area contributed by atoms with Gasteiger partial charge in [0.1, 0.15) is 0 Å². The molecule has 1 unspecified atom stereocenters. The van der Waals surface area contributed by atoms with Gasteiger partial charge in [0.25, 0.3) is 5.91 Å². The minimum absolute atomic E-state index is 0.00924. The number of likely N-dealkylation sites (N-methyl/N-ethyl adjacent to an activating group) is 1. The molecule has 0 saturated carbocycles. The van der Waals surface area contributed by atoms with Crippen LogP contribution in [0.2, 0.25) is 5.02 Å². The lowest BCUT2D eigenvalue weighted by atomic mass is 9.94. The third kappa shape index (κ3) is 3.42. The number of benzene rings is 1. The van der Waals surface area contributed by atoms with Gasteiger partial charge < -0.3 is 15.5 Å². The number of allylic oxidation sites excluding steroid dienone is 1. The van der Waals surface area contributed by atoms with E-state index in [2.05, 4.69) is 10.6 Å². The van der Waals surface area contributed by atoms with Crippen LogP contribution in [0.3, 0.4) is 0 Å². The minimum atomic E-state index is -0.291. The standard InChI is InChI=1S/C16H20ClN3OS/c1-4-20(5-2)15(21)13-10(3)18-16(22)19-14(13)11-7-6-8-12(17)9-11/h6-9,14H,4-5H2,1-3H3,(H2,18,19,22). The van der Waals surface area contributed by atoms with Crippen LogP contribution in [-0.2, 0) is 4.79 Å². The molecule has 22 heavy (non-hydrogen) atoms. The van der Waals surface area contributed by atoms with Crippen LogP contribution in [0.4, 0.5) is 0 Å². The molecule has 1 atom stereocenters. The van der Waals surface area contributed by atoms with Gasteiger partial charge in [-0.15, -0.1) is 0 Å². The summed E-state index contributed by atoms with van der Waals surface area (Å²) < 4.78 is 0. The molecular formula is C16H20ClN3OS. The maximum Gasteiger partial charge on any atom is 0.253 e. The van der Waals surface area contributed by atoms with E-state index in [0.717, 1.165) is 11.3 Å². The van der Waals surface area contributed by atoms with Gasteiger partial charge >= 0.3 is 0 Å². The van der Waals surface area contributed by atoms with Crippen molar-refractivity contribution in [1.29, 1.82) is 0 Å². The van der Waals surface area contributed by atoms with Crippen molar-refractivity contribution >= 4 is 34.8 Å². The smallest absolute Gasteiger partial charge is 0.253 e. The lowest BCUT2D eigenvalue weighted by Crippen LogP contribution is -2.47. The number of hydrogen-bond donors (Lipinski definition) is 2. The van der Waals surface area contributed by atoms with Crippen LogP contribution in [0.25, 0.3) is 0 Å². The predicted octanol–water partition coefficient (Wildman–Crippen LogP) is 3.00. The summed E-state index contributed by atoms with van der Waals surface area (Å²) in [4.78, 5) is 14.7. The molecule has 0 radical (unpaired) electrons. The van der Waals surface area contributed by atoms with Crippen LogP contribution in [0, 0.1) is 0 Å². The molecule has 2 N–H and O–H groups in total. The number of hydrogen-bond acceptors (Lipinski definition) is 2. The molecule has 0 fully saturated rings. The number of thiocarbonyl (C=S) groups is 1. The van der Waals surface area contributed by atoms with Gasteiger partial charge in [0, 0.05) is 23.8 Å². The number of carbonyl (C=O) groups is 1. The molecule has 4 nitrogen and oxygen atoms in total. The first-order valence-electron chi connectivity index (χ1n) is 7.30. The van der Waals surface area contributed by atoms with Crippen LogP contribution < -0.4 is 10.6 Å². The second kappa shape index (κ2) is 7.11. The van der Waals surface area contributed by atoms with E-state index in [0.29, 0.717) is 28.8 Å². The number of nitrogens with one attached hydrogen (secondary N) is 2. The van der Waals surface area contributed by atoms with Gasteiger partial charge in [0.15, 0.2) is 5.11 Å². The molecule has 1 heterocycles. The quantitative estimate of drug-likeness (QED) is 0.829. The lowest BCUT2D eigenvalue weighted by molar-refractivity contribution is -0.127. The van der Waals surface area contributed by atoms with E-state index in [1.165, 1.54) is 0 Å². The van der Waals surface area contributed by atoms with Crippen molar-refractivity contribution in [2.45, 2.75) is 26.8 Å². The summed E-state index contributed by atoms with van der Waals surface area (Å²) in [7, 11) is 0. The van der Waals surface area contributed by atoms with E-state index in [9.17, 15) is 4.79 Å². The van der Waals surface area contributed by atoms with Crippen LogP contribution in [0.15, 0.2) is 35.5 Å². The largest absolute Gasteiger partial charge is 0.351 e. The molecule has 118 valence electrons. The van der Waals surface area contributed by atoms with E-state index in [4.69, 9.17) is 23.8 Å². The van der Waals surface area contributed by atoms with Gasteiger partial charge in [-0.1, -0.05) is 23.7 Å². The highest BCUT2D eigenvalue weighted by Gasteiger charge is 2.31. The Hall–Kier alpha value is -1.59. The minimum Gasteiger partial charge on any atom is -0.351 e. The second-order valence-electron chi connectivity index (χ2n) is 5.10. The average Bonchev–Trinajstić information content (AvgIpc) is 2.47. The SMILES string of the molecule is CCN(CC)C(=O)C1=C(C)NC(=S)NC1c1cccc(Cl)c1.